The Labute approximate surface area is 97.6 Å². The van der Waals surface area contributed by atoms with Gasteiger partial charge < -0.3 is 5.73 Å². The summed E-state index contributed by atoms with van der Waals surface area (Å²) in [5.41, 5.74) is 7.67. The number of halogens is 2. The molecule has 0 atom stereocenters. The summed E-state index contributed by atoms with van der Waals surface area (Å²) in [5, 5.41) is 4.40. The van der Waals surface area contributed by atoms with Crippen LogP contribution in [0.3, 0.4) is 0 Å². The average Bonchev–Trinajstić information content (AvgIpc) is 2.47. The lowest BCUT2D eigenvalue weighted by Gasteiger charge is -2.04. The molecule has 5 heteroatoms. The zero-order valence-electron chi connectivity index (χ0n) is 8.96. The van der Waals surface area contributed by atoms with Crippen LogP contribution in [0.25, 0.3) is 11.3 Å². The molecule has 0 fully saturated rings. The zero-order chi connectivity index (χ0) is 11.9. The van der Waals surface area contributed by atoms with E-state index in [1.165, 1.54) is 6.07 Å². The van der Waals surface area contributed by atoms with Gasteiger partial charge >= 0.3 is 0 Å². The SMILES string of the molecule is Cc1cc(-c2c(Cl)c(N)nn2C)ccc1F. The minimum absolute atomic E-state index is 0.241. The molecule has 2 N–H and O–H groups in total. The number of nitrogens with two attached hydrogens (primary N) is 1. The molecule has 3 nitrogen and oxygen atoms in total. The number of anilines is 1. The van der Waals surface area contributed by atoms with Gasteiger partial charge in [0.25, 0.3) is 0 Å². The van der Waals surface area contributed by atoms with Gasteiger partial charge in [-0.25, -0.2) is 4.39 Å². The highest BCUT2D eigenvalue weighted by Gasteiger charge is 2.14. The number of nitrogen functional groups attached to an aromatic ring is 1. The van der Waals surface area contributed by atoms with Gasteiger partial charge in [0.15, 0.2) is 5.82 Å². The Kier molecular flexibility index (Phi) is 2.59. The van der Waals surface area contributed by atoms with Gasteiger partial charge in [0.1, 0.15) is 10.8 Å². The first-order chi connectivity index (χ1) is 7.50. The fourth-order valence-corrected chi connectivity index (χ4v) is 1.89. The second kappa shape index (κ2) is 3.79. The molecule has 0 aliphatic heterocycles. The Hall–Kier alpha value is -1.55. The van der Waals surface area contributed by atoms with Gasteiger partial charge in [0, 0.05) is 12.6 Å². The van der Waals surface area contributed by atoms with Crippen molar-refractivity contribution in [3.8, 4) is 11.3 Å². The maximum atomic E-state index is 13.1. The van der Waals surface area contributed by atoms with E-state index in [9.17, 15) is 4.39 Å². The van der Waals surface area contributed by atoms with Gasteiger partial charge in [-0.05, 0) is 30.7 Å². The first-order valence-electron chi connectivity index (χ1n) is 4.75. The molecular formula is C11H11ClFN3. The highest BCUT2D eigenvalue weighted by atomic mass is 35.5. The standard InChI is InChI=1S/C11H11ClFN3/c1-6-5-7(3-4-8(6)13)10-9(12)11(14)15-16(10)2/h3-5H,1-2H3,(H2,14,15). The number of rotatable bonds is 1. The van der Waals surface area contributed by atoms with Crippen LogP contribution in [0, 0.1) is 12.7 Å². The molecule has 0 aliphatic rings. The van der Waals surface area contributed by atoms with Gasteiger partial charge in [0.2, 0.25) is 0 Å². The summed E-state index contributed by atoms with van der Waals surface area (Å²) in [7, 11) is 1.75. The third-order valence-electron chi connectivity index (χ3n) is 2.45. The Morgan fingerprint density at radius 2 is 2.12 bits per heavy atom. The zero-order valence-corrected chi connectivity index (χ0v) is 9.72. The molecule has 16 heavy (non-hydrogen) atoms. The normalized spacial score (nSPS) is 10.8. The lowest BCUT2D eigenvalue weighted by molar-refractivity contribution is 0.618. The predicted octanol–water partition coefficient (Wildman–Crippen LogP) is 2.77. The van der Waals surface area contributed by atoms with Gasteiger partial charge in [-0.3, -0.25) is 4.68 Å². The molecule has 0 aliphatic carbocycles. The number of aryl methyl sites for hydroxylation is 2. The van der Waals surface area contributed by atoms with Crippen LogP contribution in [0.5, 0.6) is 0 Å². The van der Waals surface area contributed by atoms with Crippen molar-refractivity contribution in [1.82, 2.24) is 9.78 Å². The average molecular weight is 240 g/mol. The first kappa shape index (κ1) is 11.0. The highest BCUT2D eigenvalue weighted by Crippen LogP contribution is 2.32. The second-order valence-electron chi connectivity index (χ2n) is 3.64. The summed E-state index contributed by atoms with van der Waals surface area (Å²) in [6, 6.07) is 4.78. The molecule has 0 spiro atoms. The minimum atomic E-state index is -0.241. The van der Waals surface area contributed by atoms with Crippen LogP contribution in [0.2, 0.25) is 5.02 Å². The number of hydrogen-bond acceptors (Lipinski definition) is 2. The van der Waals surface area contributed by atoms with Crippen molar-refractivity contribution in [3.05, 3.63) is 34.6 Å². The predicted molar refractivity (Wildman–Crippen MR) is 62.8 cm³/mol. The van der Waals surface area contributed by atoms with Gasteiger partial charge in [-0.15, -0.1) is 0 Å². The lowest BCUT2D eigenvalue weighted by Crippen LogP contribution is -1.95. The first-order valence-corrected chi connectivity index (χ1v) is 5.13. The number of nitrogens with zero attached hydrogens (tertiary/aromatic N) is 2. The maximum Gasteiger partial charge on any atom is 0.164 e. The molecule has 0 saturated heterocycles. The third kappa shape index (κ3) is 1.65. The van der Waals surface area contributed by atoms with Crippen molar-refractivity contribution in [2.45, 2.75) is 6.92 Å². The Bertz CT molecular complexity index is 548. The van der Waals surface area contributed by atoms with Crippen LogP contribution in [-0.4, -0.2) is 9.78 Å². The second-order valence-corrected chi connectivity index (χ2v) is 4.01. The van der Waals surface area contributed by atoms with E-state index in [0.717, 1.165) is 5.56 Å². The van der Waals surface area contributed by atoms with Crippen LogP contribution < -0.4 is 5.73 Å². The van der Waals surface area contributed by atoms with E-state index in [1.54, 1.807) is 30.8 Å². The summed E-state index contributed by atoms with van der Waals surface area (Å²) in [6.45, 7) is 1.70. The van der Waals surface area contributed by atoms with Crippen LogP contribution in [0.15, 0.2) is 18.2 Å². The Morgan fingerprint density at radius 1 is 1.44 bits per heavy atom. The summed E-state index contributed by atoms with van der Waals surface area (Å²) in [6.07, 6.45) is 0. The molecule has 0 bridgehead atoms. The third-order valence-corrected chi connectivity index (χ3v) is 2.82. The molecule has 2 rings (SSSR count). The van der Waals surface area contributed by atoms with E-state index < -0.39 is 0 Å². The van der Waals surface area contributed by atoms with Gasteiger partial charge in [-0.2, -0.15) is 5.10 Å². The van der Waals surface area contributed by atoms with Crippen LogP contribution >= 0.6 is 11.6 Å². The minimum Gasteiger partial charge on any atom is -0.381 e. The van der Waals surface area contributed by atoms with Gasteiger partial charge in [-0.1, -0.05) is 11.6 Å². The number of benzene rings is 1. The van der Waals surface area contributed by atoms with Crippen LogP contribution in [-0.2, 0) is 7.05 Å². The topological polar surface area (TPSA) is 43.8 Å². The van der Waals surface area contributed by atoms with Crippen molar-refractivity contribution in [2.24, 2.45) is 7.05 Å². The molecule has 1 aromatic heterocycles. The molecule has 0 unspecified atom stereocenters. The van der Waals surface area contributed by atoms with E-state index in [-0.39, 0.29) is 11.6 Å². The van der Waals surface area contributed by atoms with E-state index in [0.29, 0.717) is 16.3 Å². The van der Waals surface area contributed by atoms with Crippen molar-refractivity contribution in [3.63, 3.8) is 0 Å². The van der Waals surface area contributed by atoms with Crippen LogP contribution in [0.4, 0.5) is 10.2 Å². The molecule has 0 saturated carbocycles. The van der Waals surface area contributed by atoms with Gasteiger partial charge in [0.05, 0.1) is 5.69 Å². The molecule has 1 heterocycles. The smallest absolute Gasteiger partial charge is 0.164 e. The van der Waals surface area contributed by atoms with Crippen molar-refractivity contribution in [2.75, 3.05) is 5.73 Å². The molecule has 84 valence electrons. The van der Waals surface area contributed by atoms with E-state index >= 15 is 0 Å². The number of hydrogen-bond donors (Lipinski definition) is 1. The van der Waals surface area contributed by atoms with Crippen molar-refractivity contribution in [1.29, 1.82) is 0 Å². The molecule has 1 aromatic carbocycles. The van der Waals surface area contributed by atoms with E-state index in [2.05, 4.69) is 5.10 Å². The Morgan fingerprint density at radius 3 is 2.62 bits per heavy atom. The quantitative estimate of drug-likeness (QED) is 0.832. The maximum absolute atomic E-state index is 13.1. The number of aromatic nitrogens is 2. The van der Waals surface area contributed by atoms with E-state index in [1.807, 2.05) is 0 Å². The van der Waals surface area contributed by atoms with Crippen molar-refractivity contribution < 1.29 is 4.39 Å². The fraction of sp³-hybridized carbons (Fsp3) is 0.182. The summed E-state index contributed by atoms with van der Waals surface area (Å²) in [5.74, 6) is 0.0381. The monoisotopic (exact) mass is 239 g/mol. The van der Waals surface area contributed by atoms with Crippen molar-refractivity contribution >= 4 is 17.4 Å². The molecule has 2 aromatic rings. The lowest BCUT2D eigenvalue weighted by atomic mass is 10.1. The largest absolute Gasteiger partial charge is 0.381 e. The highest BCUT2D eigenvalue weighted by molar-refractivity contribution is 6.35. The molecular weight excluding hydrogens is 229 g/mol. The van der Waals surface area contributed by atoms with Crippen LogP contribution in [0.1, 0.15) is 5.56 Å². The molecule has 0 radical (unpaired) electrons. The Balaban J connectivity index is 2.63. The summed E-state index contributed by atoms with van der Waals surface area (Å²) >= 11 is 6.04. The summed E-state index contributed by atoms with van der Waals surface area (Å²) in [4.78, 5) is 0. The molecule has 0 amide bonds. The fourth-order valence-electron chi connectivity index (χ4n) is 1.62. The summed E-state index contributed by atoms with van der Waals surface area (Å²) < 4.78 is 14.7. The van der Waals surface area contributed by atoms with E-state index in [4.69, 9.17) is 17.3 Å².